The molecule has 2 rings (SSSR count). The highest BCUT2D eigenvalue weighted by atomic mass is 79.9. The van der Waals surface area contributed by atoms with Crippen molar-refractivity contribution in [2.24, 2.45) is 0 Å². The van der Waals surface area contributed by atoms with Crippen molar-refractivity contribution in [1.82, 2.24) is 0 Å². The number of anilines is 2. The molecular formula is C16H17BrN2O2. The van der Waals surface area contributed by atoms with E-state index >= 15 is 0 Å². The van der Waals surface area contributed by atoms with Crippen LogP contribution in [0.5, 0.6) is 0 Å². The lowest BCUT2D eigenvalue weighted by Crippen LogP contribution is -2.14. The Morgan fingerprint density at radius 1 is 1.19 bits per heavy atom. The third-order valence-electron chi connectivity index (χ3n) is 2.86. The molecule has 0 radical (unpaired) electrons. The highest BCUT2D eigenvalue weighted by molar-refractivity contribution is 9.10. The van der Waals surface area contributed by atoms with Gasteiger partial charge in [0.2, 0.25) is 5.91 Å². The minimum absolute atomic E-state index is 0.0901. The summed E-state index contributed by atoms with van der Waals surface area (Å²) in [4.78, 5) is 11.8. The van der Waals surface area contributed by atoms with E-state index in [0.29, 0.717) is 31.0 Å². The Balaban J connectivity index is 1.71. The zero-order valence-corrected chi connectivity index (χ0v) is 13.1. The van der Waals surface area contributed by atoms with Gasteiger partial charge in [-0.25, -0.2) is 0 Å². The van der Waals surface area contributed by atoms with Crippen LogP contribution in [0.2, 0.25) is 0 Å². The van der Waals surface area contributed by atoms with Crippen LogP contribution < -0.4 is 11.1 Å². The minimum atomic E-state index is -0.0901. The van der Waals surface area contributed by atoms with Gasteiger partial charge in [0.25, 0.3) is 0 Å². The quantitative estimate of drug-likeness (QED) is 0.619. The Hall–Kier alpha value is -1.85. The molecule has 0 bridgehead atoms. The van der Waals surface area contributed by atoms with Gasteiger partial charge in [0.05, 0.1) is 19.6 Å². The van der Waals surface area contributed by atoms with Crippen molar-refractivity contribution in [1.29, 1.82) is 0 Å². The highest BCUT2D eigenvalue weighted by Gasteiger charge is 2.04. The Morgan fingerprint density at radius 3 is 2.76 bits per heavy atom. The molecule has 0 unspecified atom stereocenters. The highest BCUT2D eigenvalue weighted by Crippen LogP contribution is 2.16. The first-order chi connectivity index (χ1) is 10.1. The summed E-state index contributed by atoms with van der Waals surface area (Å²) in [5, 5.41) is 2.78. The first-order valence-corrected chi connectivity index (χ1v) is 7.41. The first-order valence-electron chi connectivity index (χ1n) is 6.61. The molecule has 0 saturated carbocycles. The van der Waals surface area contributed by atoms with Crippen molar-refractivity contribution in [3.63, 3.8) is 0 Å². The number of hydrogen-bond donors (Lipinski definition) is 2. The number of ether oxygens (including phenoxy) is 1. The molecule has 2 aromatic rings. The van der Waals surface area contributed by atoms with Crippen LogP contribution >= 0.6 is 15.9 Å². The second-order valence-corrected chi connectivity index (χ2v) is 5.42. The fourth-order valence-electron chi connectivity index (χ4n) is 1.80. The summed E-state index contributed by atoms with van der Waals surface area (Å²) in [5.41, 5.74) is 8.04. The number of carbonyl (C=O) groups is 1. The molecule has 0 spiro atoms. The SMILES string of the molecule is Nc1cccc(NC(=O)CCOCc2ccccc2Br)c1. The van der Waals surface area contributed by atoms with Crippen molar-refractivity contribution in [3.8, 4) is 0 Å². The van der Waals surface area contributed by atoms with Gasteiger partial charge in [-0.05, 0) is 29.8 Å². The van der Waals surface area contributed by atoms with Gasteiger partial charge >= 0.3 is 0 Å². The standard InChI is InChI=1S/C16H17BrN2O2/c17-15-7-2-1-4-12(15)11-21-9-8-16(20)19-14-6-3-5-13(18)10-14/h1-7,10H,8-9,11,18H2,(H,19,20). The predicted molar refractivity (Wildman–Crippen MR) is 87.9 cm³/mol. The predicted octanol–water partition coefficient (Wildman–Crippen LogP) is 3.58. The van der Waals surface area contributed by atoms with Gasteiger partial charge in [-0.2, -0.15) is 0 Å². The van der Waals surface area contributed by atoms with Crippen molar-refractivity contribution in [3.05, 3.63) is 58.6 Å². The topological polar surface area (TPSA) is 64.3 Å². The number of amides is 1. The van der Waals surface area contributed by atoms with E-state index in [-0.39, 0.29) is 5.91 Å². The first kappa shape index (κ1) is 15.5. The van der Waals surface area contributed by atoms with Crippen LogP contribution in [0.25, 0.3) is 0 Å². The molecule has 0 saturated heterocycles. The molecule has 110 valence electrons. The van der Waals surface area contributed by atoms with Gasteiger partial charge in [-0.3, -0.25) is 4.79 Å². The van der Waals surface area contributed by atoms with Gasteiger partial charge in [0, 0.05) is 15.8 Å². The third kappa shape index (κ3) is 5.21. The summed E-state index contributed by atoms with van der Waals surface area (Å²) in [6.07, 6.45) is 0.305. The molecule has 0 aliphatic heterocycles. The van der Waals surface area contributed by atoms with Crippen LogP contribution in [-0.4, -0.2) is 12.5 Å². The summed E-state index contributed by atoms with van der Waals surface area (Å²) in [5.74, 6) is -0.0901. The van der Waals surface area contributed by atoms with Gasteiger partial charge in [0.15, 0.2) is 0 Å². The second-order valence-electron chi connectivity index (χ2n) is 4.57. The van der Waals surface area contributed by atoms with E-state index in [4.69, 9.17) is 10.5 Å². The minimum Gasteiger partial charge on any atom is -0.399 e. The molecule has 3 N–H and O–H groups in total. The van der Waals surface area contributed by atoms with E-state index in [9.17, 15) is 4.79 Å². The number of rotatable bonds is 6. The summed E-state index contributed by atoms with van der Waals surface area (Å²) < 4.78 is 6.53. The maximum absolute atomic E-state index is 11.8. The van der Waals surface area contributed by atoms with Crippen LogP contribution in [0.1, 0.15) is 12.0 Å². The van der Waals surface area contributed by atoms with Crippen LogP contribution in [0.4, 0.5) is 11.4 Å². The number of benzene rings is 2. The zero-order chi connectivity index (χ0) is 15.1. The molecule has 1 amide bonds. The van der Waals surface area contributed by atoms with E-state index in [2.05, 4.69) is 21.2 Å². The van der Waals surface area contributed by atoms with Crippen molar-refractivity contribution in [2.75, 3.05) is 17.7 Å². The van der Waals surface area contributed by atoms with Gasteiger partial charge in [-0.1, -0.05) is 40.2 Å². The Kier molecular flexibility index (Phi) is 5.78. The molecular weight excluding hydrogens is 332 g/mol. The second kappa shape index (κ2) is 7.81. The number of carbonyl (C=O) groups excluding carboxylic acids is 1. The summed E-state index contributed by atoms with van der Waals surface area (Å²) >= 11 is 3.46. The molecule has 2 aromatic carbocycles. The number of nitrogen functional groups attached to an aromatic ring is 1. The monoisotopic (exact) mass is 348 g/mol. The lowest BCUT2D eigenvalue weighted by Gasteiger charge is -2.07. The van der Waals surface area contributed by atoms with Crippen LogP contribution in [0.15, 0.2) is 53.0 Å². The Labute approximate surface area is 132 Å². The van der Waals surface area contributed by atoms with Crippen LogP contribution in [0, 0.1) is 0 Å². The molecule has 0 heterocycles. The van der Waals surface area contributed by atoms with E-state index in [1.54, 1.807) is 24.3 Å². The van der Waals surface area contributed by atoms with E-state index in [1.807, 2.05) is 24.3 Å². The fourth-order valence-corrected chi connectivity index (χ4v) is 2.20. The summed E-state index contributed by atoms with van der Waals surface area (Å²) in [7, 11) is 0. The maximum atomic E-state index is 11.8. The summed E-state index contributed by atoms with van der Waals surface area (Å²) in [6, 6.07) is 14.9. The molecule has 5 heteroatoms. The average Bonchev–Trinajstić information content (AvgIpc) is 2.45. The zero-order valence-electron chi connectivity index (χ0n) is 11.5. The van der Waals surface area contributed by atoms with Crippen LogP contribution in [-0.2, 0) is 16.1 Å². The number of hydrogen-bond acceptors (Lipinski definition) is 3. The Bertz CT molecular complexity index is 617. The smallest absolute Gasteiger partial charge is 0.226 e. The molecule has 21 heavy (non-hydrogen) atoms. The lowest BCUT2D eigenvalue weighted by molar-refractivity contribution is -0.117. The van der Waals surface area contributed by atoms with Gasteiger partial charge in [-0.15, -0.1) is 0 Å². The third-order valence-corrected chi connectivity index (χ3v) is 3.63. The van der Waals surface area contributed by atoms with Crippen molar-refractivity contribution < 1.29 is 9.53 Å². The van der Waals surface area contributed by atoms with E-state index in [1.165, 1.54) is 0 Å². The number of halogens is 1. The average molecular weight is 349 g/mol. The maximum Gasteiger partial charge on any atom is 0.226 e. The summed E-state index contributed by atoms with van der Waals surface area (Å²) in [6.45, 7) is 0.850. The largest absolute Gasteiger partial charge is 0.399 e. The normalized spacial score (nSPS) is 10.3. The molecule has 0 fully saturated rings. The van der Waals surface area contributed by atoms with Crippen molar-refractivity contribution >= 4 is 33.2 Å². The van der Waals surface area contributed by atoms with E-state index < -0.39 is 0 Å². The molecule has 0 aliphatic rings. The Morgan fingerprint density at radius 2 is 2.00 bits per heavy atom. The van der Waals surface area contributed by atoms with Crippen LogP contribution in [0.3, 0.4) is 0 Å². The molecule has 0 aromatic heterocycles. The van der Waals surface area contributed by atoms with Gasteiger partial charge < -0.3 is 15.8 Å². The van der Waals surface area contributed by atoms with Gasteiger partial charge in [0.1, 0.15) is 0 Å². The van der Waals surface area contributed by atoms with Crippen molar-refractivity contribution in [2.45, 2.75) is 13.0 Å². The molecule has 0 aliphatic carbocycles. The number of nitrogens with one attached hydrogen (secondary N) is 1. The lowest BCUT2D eigenvalue weighted by atomic mass is 10.2. The molecule has 4 nitrogen and oxygen atoms in total. The fraction of sp³-hybridized carbons (Fsp3) is 0.188. The van der Waals surface area contributed by atoms with E-state index in [0.717, 1.165) is 10.0 Å². The number of nitrogens with two attached hydrogens (primary N) is 1. The molecule has 0 atom stereocenters.